The van der Waals surface area contributed by atoms with Gasteiger partial charge in [0.15, 0.2) is 0 Å². The normalized spacial score (nSPS) is 43.0. The molecule has 0 aromatic rings. The van der Waals surface area contributed by atoms with Crippen LogP contribution in [-0.2, 0) is 0 Å². The van der Waals surface area contributed by atoms with Gasteiger partial charge in [-0.05, 0) is 71.1 Å². The van der Waals surface area contributed by atoms with E-state index < -0.39 is 17.8 Å². The van der Waals surface area contributed by atoms with Crippen molar-refractivity contribution in [3.63, 3.8) is 0 Å². The van der Waals surface area contributed by atoms with Crippen LogP contribution in [0.25, 0.3) is 0 Å². The maximum atomic E-state index is 10.3. The number of nitrogens with two attached hydrogens (primary N) is 1. The van der Waals surface area contributed by atoms with E-state index in [1.54, 1.807) is 6.21 Å². The lowest BCUT2D eigenvalue weighted by Crippen LogP contribution is -2.61. The predicted octanol–water partition coefficient (Wildman–Crippen LogP) is 4.89. The van der Waals surface area contributed by atoms with Crippen LogP contribution in [0.2, 0.25) is 0 Å². The number of fused-ring (bicyclic) bond motifs is 1. The monoisotopic (exact) mass is 460 g/mol. The highest BCUT2D eigenvalue weighted by atomic mass is 16.3. The summed E-state index contributed by atoms with van der Waals surface area (Å²) in [6.07, 6.45) is 13.6. The average molecular weight is 461 g/mol. The molecule has 188 valence electrons. The van der Waals surface area contributed by atoms with E-state index in [0.717, 1.165) is 56.9 Å². The van der Waals surface area contributed by atoms with Crippen molar-refractivity contribution in [2.45, 2.75) is 122 Å². The Bertz CT molecular complexity index is 785. The van der Waals surface area contributed by atoms with E-state index in [1.165, 1.54) is 5.57 Å². The zero-order chi connectivity index (χ0) is 24.7. The molecule has 0 saturated heterocycles. The lowest BCUT2D eigenvalue weighted by atomic mass is 9.50. The first kappa shape index (κ1) is 26.6. The topological polar surface area (TPSA) is 111 Å². The standard InChI is InChI=1S/C28H48N2O3/c1-19(8-6-12-25(3,4)33)28(30)15-14-27(18-29)22(9-7-13-26(27,28)5)11-10-21-16-23(31)17-24(32)20(21)2/h10-11,18-20,23-24,29,31-33H,6-9,12-17,30H2,1-5H3/b21-10-,22-11+,29-18?/t19-,20?,23-,24+,26+,27?,28+/m1/s1. The van der Waals surface area contributed by atoms with E-state index >= 15 is 0 Å². The second kappa shape index (κ2) is 9.56. The zero-order valence-electron chi connectivity index (χ0n) is 21.5. The molecule has 0 aromatic heterocycles. The maximum Gasteiger partial charge on any atom is 0.0627 e. The fraction of sp³-hybridized carbons (Fsp3) is 0.821. The van der Waals surface area contributed by atoms with Crippen LogP contribution < -0.4 is 5.73 Å². The summed E-state index contributed by atoms with van der Waals surface area (Å²) in [7, 11) is 0. The van der Waals surface area contributed by atoms with Crippen LogP contribution in [0.5, 0.6) is 0 Å². The van der Waals surface area contributed by atoms with Crippen molar-refractivity contribution in [2.75, 3.05) is 0 Å². The Hall–Kier alpha value is -1.01. The first-order valence-electron chi connectivity index (χ1n) is 13.1. The van der Waals surface area contributed by atoms with Crippen LogP contribution in [0, 0.1) is 28.1 Å². The molecule has 0 amide bonds. The highest BCUT2D eigenvalue weighted by molar-refractivity contribution is 5.72. The number of hydrogen-bond acceptors (Lipinski definition) is 5. The number of allylic oxidation sites excluding steroid dienone is 3. The molecular weight excluding hydrogens is 412 g/mol. The van der Waals surface area contributed by atoms with Crippen molar-refractivity contribution in [2.24, 2.45) is 28.4 Å². The molecule has 6 N–H and O–H groups in total. The molecule has 3 rings (SSSR count). The third-order valence-electron chi connectivity index (χ3n) is 9.84. The number of hydrogen-bond donors (Lipinski definition) is 5. The third kappa shape index (κ3) is 4.76. The van der Waals surface area contributed by atoms with Gasteiger partial charge in [0, 0.05) is 34.9 Å². The van der Waals surface area contributed by atoms with Gasteiger partial charge in [0.25, 0.3) is 0 Å². The quantitative estimate of drug-likeness (QED) is 0.348. The second-order valence-corrected chi connectivity index (χ2v) is 12.3. The summed E-state index contributed by atoms with van der Waals surface area (Å²) in [6, 6.07) is 0. The van der Waals surface area contributed by atoms with Gasteiger partial charge in [-0.2, -0.15) is 0 Å². The number of rotatable bonds is 7. The van der Waals surface area contributed by atoms with Gasteiger partial charge in [0.1, 0.15) is 0 Å². The largest absolute Gasteiger partial charge is 0.393 e. The highest BCUT2D eigenvalue weighted by Gasteiger charge is 2.65. The maximum absolute atomic E-state index is 10.3. The number of aliphatic hydroxyl groups is 3. The molecule has 7 atom stereocenters. The predicted molar refractivity (Wildman–Crippen MR) is 135 cm³/mol. The molecule has 0 bridgehead atoms. The lowest BCUT2D eigenvalue weighted by Gasteiger charge is -2.55. The van der Waals surface area contributed by atoms with Crippen molar-refractivity contribution in [3.05, 3.63) is 23.3 Å². The Kier molecular flexibility index (Phi) is 7.71. The molecule has 3 aliphatic rings. The number of aliphatic hydroxyl groups excluding tert-OH is 2. The molecule has 0 aromatic carbocycles. The van der Waals surface area contributed by atoms with Crippen LogP contribution >= 0.6 is 0 Å². The second-order valence-electron chi connectivity index (χ2n) is 12.3. The van der Waals surface area contributed by atoms with Gasteiger partial charge in [-0.15, -0.1) is 0 Å². The van der Waals surface area contributed by atoms with Gasteiger partial charge in [-0.1, -0.05) is 50.5 Å². The molecule has 0 aliphatic heterocycles. The molecule has 33 heavy (non-hydrogen) atoms. The smallest absolute Gasteiger partial charge is 0.0627 e. The Labute approximate surface area is 201 Å². The van der Waals surface area contributed by atoms with Crippen LogP contribution in [-0.4, -0.2) is 44.9 Å². The Morgan fingerprint density at radius 1 is 1.21 bits per heavy atom. The minimum absolute atomic E-state index is 0.0455. The molecule has 0 heterocycles. The molecule has 3 saturated carbocycles. The molecular formula is C28H48N2O3. The van der Waals surface area contributed by atoms with Crippen molar-refractivity contribution in [3.8, 4) is 0 Å². The summed E-state index contributed by atoms with van der Waals surface area (Å²) in [5.74, 6) is 0.358. The molecule has 5 heteroatoms. The Morgan fingerprint density at radius 2 is 1.91 bits per heavy atom. The van der Waals surface area contributed by atoms with Gasteiger partial charge in [0.05, 0.1) is 17.8 Å². The van der Waals surface area contributed by atoms with Crippen LogP contribution in [0.1, 0.15) is 98.8 Å². The average Bonchev–Trinajstić information content (AvgIpc) is 2.98. The summed E-state index contributed by atoms with van der Waals surface area (Å²) in [4.78, 5) is 0. The van der Waals surface area contributed by atoms with Crippen LogP contribution in [0.15, 0.2) is 23.3 Å². The molecule has 3 fully saturated rings. The van der Waals surface area contributed by atoms with Crippen LogP contribution in [0.3, 0.4) is 0 Å². The van der Waals surface area contributed by atoms with Gasteiger partial charge in [0.2, 0.25) is 0 Å². The van der Waals surface area contributed by atoms with E-state index in [2.05, 4.69) is 26.0 Å². The van der Waals surface area contributed by atoms with Crippen molar-refractivity contribution in [1.29, 1.82) is 5.41 Å². The van der Waals surface area contributed by atoms with Crippen LogP contribution in [0.4, 0.5) is 0 Å². The van der Waals surface area contributed by atoms with Crippen molar-refractivity contribution < 1.29 is 15.3 Å². The van der Waals surface area contributed by atoms with Gasteiger partial charge < -0.3 is 26.5 Å². The SMILES string of the molecule is CC1/C(=C\C=C2/CCC[C@@]3(C)C2(C=N)CC[C@]3(N)[C@H](C)CCCC(C)(C)O)C[C@@H](O)C[C@@H]1O. The molecule has 5 nitrogen and oxygen atoms in total. The first-order chi connectivity index (χ1) is 15.3. The van der Waals surface area contributed by atoms with Gasteiger partial charge in [-0.3, -0.25) is 0 Å². The fourth-order valence-electron chi connectivity index (χ4n) is 7.34. The van der Waals surface area contributed by atoms with E-state index in [1.807, 2.05) is 20.8 Å². The summed E-state index contributed by atoms with van der Waals surface area (Å²) >= 11 is 0. The van der Waals surface area contributed by atoms with E-state index in [4.69, 9.17) is 11.1 Å². The highest BCUT2D eigenvalue weighted by Crippen LogP contribution is 2.67. The third-order valence-corrected chi connectivity index (χ3v) is 9.84. The minimum atomic E-state index is -0.647. The molecule has 3 aliphatic carbocycles. The van der Waals surface area contributed by atoms with Gasteiger partial charge in [-0.25, -0.2) is 0 Å². The van der Waals surface area contributed by atoms with Gasteiger partial charge >= 0.3 is 0 Å². The molecule has 0 spiro atoms. The summed E-state index contributed by atoms with van der Waals surface area (Å²) in [6.45, 7) is 10.3. The van der Waals surface area contributed by atoms with E-state index in [0.29, 0.717) is 18.8 Å². The summed E-state index contributed by atoms with van der Waals surface area (Å²) < 4.78 is 0. The van der Waals surface area contributed by atoms with Crippen molar-refractivity contribution >= 4 is 6.21 Å². The number of nitrogens with one attached hydrogen (secondary N) is 1. The molecule has 0 radical (unpaired) electrons. The summed E-state index contributed by atoms with van der Waals surface area (Å²) in [5.41, 5.74) is 8.16. The Balaban J connectivity index is 1.89. The minimum Gasteiger partial charge on any atom is -0.393 e. The van der Waals surface area contributed by atoms with E-state index in [9.17, 15) is 15.3 Å². The summed E-state index contributed by atoms with van der Waals surface area (Å²) in [5, 5.41) is 39.2. The van der Waals surface area contributed by atoms with Crippen molar-refractivity contribution in [1.82, 2.24) is 0 Å². The van der Waals surface area contributed by atoms with E-state index in [-0.39, 0.29) is 22.3 Å². The Morgan fingerprint density at radius 3 is 2.55 bits per heavy atom. The molecule has 2 unspecified atom stereocenters. The first-order valence-corrected chi connectivity index (χ1v) is 13.1. The lowest BCUT2D eigenvalue weighted by molar-refractivity contribution is 0.0317. The zero-order valence-corrected chi connectivity index (χ0v) is 21.5. The fourth-order valence-corrected chi connectivity index (χ4v) is 7.34.